The van der Waals surface area contributed by atoms with Crippen molar-refractivity contribution in [2.75, 3.05) is 0 Å². The van der Waals surface area contributed by atoms with Gasteiger partial charge in [0.2, 0.25) is 0 Å². The quantitative estimate of drug-likeness (QED) is 0.380. The number of thiophene rings is 1. The number of nitriles is 1. The summed E-state index contributed by atoms with van der Waals surface area (Å²) in [6, 6.07) is 24.8. The molecule has 0 saturated carbocycles. The van der Waals surface area contributed by atoms with Crippen LogP contribution in [0, 0.1) is 11.3 Å². The molecule has 0 spiro atoms. The number of nitrogens with zero attached hydrogens (tertiary/aromatic N) is 2. The molecule has 0 radical (unpaired) electrons. The zero-order valence-corrected chi connectivity index (χ0v) is 17.7. The number of ether oxygens (including phenoxy) is 1. The standard InChI is InChI=1S/C26H17N3O2S/c27-15-17-7-1-2-9-19(17)20-10-5-11-21-24(20)29-26(30)23(22-12-6-14-32-22)25(21)31-16-18-8-3-4-13-28-18/h1-14H,16H2,(H,29,30). The molecule has 5 aromatic rings. The number of para-hydroxylation sites is 1. The third-order valence-corrected chi connectivity index (χ3v) is 6.08. The van der Waals surface area contributed by atoms with Crippen LogP contribution < -0.4 is 10.3 Å². The number of aromatic nitrogens is 2. The summed E-state index contributed by atoms with van der Waals surface area (Å²) >= 11 is 1.48. The highest BCUT2D eigenvalue weighted by Gasteiger charge is 2.20. The first-order chi connectivity index (χ1) is 15.8. The van der Waals surface area contributed by atoms with Gasteiger partial charge in [0.05, 0.1) is 28.4 Å². The minimum absolute atomic E-state index is 0.233. The van der Waals surface area contributed by atoms with Crippen LogP contribution in [0.4, 0.5) is 0 Å². The first-order valence-electron chi connectivity index (χ1n) is 10.0. The Balaban J connectivity index is 1.76. The van der Waals surface area contributed by atoms with Gasteiger partial charge < -0.3 is 9.72 Å². The molecule has 0 unspecified atom stereocenters. The van der Waals surface area contributed by atoms with Crippen molar-refractivity contribution in [3.8, 4) is 33.4 Å². The summed E-state index contributed by atoms with van der Waals surface area (Å²) < 4.78 is 6.25. The molecule has 2 aromatic carbocycles. The zero-order valence-electron chi connectivity index (χ0n) is 16.9. The Morgan fingerprint density at radius 2 is 1.81 bits per heavy atom. The van der Waals surface area contributed by atoms with E-state index in [0.717, 1.165) is 27.1 Å². The largest absolute Gasteiger partial charge is 0.486 e. The fourth-order valence-corrected chi connectivity index (χ4v) is 4.52. The summed E-state index contributed by atoms with van der Waals surface area (Å²) in [6.07, 6.45) is 1.71. The lowest BCUT2D eigenvalue weighted by atomic mass is 9.96. The van der Waals surface area contributed by atoms with Crippen molar-refractivity contribution >= 4 is 22.2 Å². The maximum absolute atomic E-state index is 13.3. The topological polar surface area (TPSA) is 78.8 Å². The van der Waals surface area contributed by atoms with Gasteiger partial charge in [-0.3, -0.25) is 9.78 Å². The number of fused-ring (bicyclic) bond motifs is 1. The first-order valence-corrected chi connectivity index (χ1v) is 10.9. The van der Waals surface area contributed by atoms with Gasteiger partial charge in [-0.15, -0.1) is 11.3 Å². The van der Waals surface area contributed by atoms with Gasteiger partial charge in [0.25, 0.3) is 5.56 Å². The van der Waals surface area contributed by atoms with Gasteiger partial charge in [-0.2, -0.15) is 5.26 Å². The Bertz CT molecular complexity index is 1500. The normalized spacial score (nSPS) is 10.7. The molecule has 0 aliphatic heterocycles. The van der Waals surface area contributed by atoms with E-state index in [-0.39, 0.29) is 12.2 Å². The monoisotopic (exact) mass is 435 g/mol. The van der Waals surface area contributed by atoms with E-state index in [1.54, 1.807) is 12.3 Å². The third kappa shape index (κ3) is 3.55. The fraction of sp³-hybridized carbons (Fsp3) is 0.0385. The Labute approximate surface area is 188 Å². The molecule has 5 nitrogen and oxygen atoms in total. The average molecular weight is 436 g/mol. The number of benzene rings is 2. The molecule has 0 aliphatic carbocycles. The number of H-pyrrole nitrogens is 1. The predicted octanol–water partition coefficient (Wildman–Crippen LogP) is 5.77. The van der Waals surface area contributed by atoms with Gasteiger partial charge in [-0.1, -0.05) is 42.5 Å². The van der Waals surface area contributed by atoms with E-state index in [4.69, 9.17) is 4.74 Å². The van der Waals surface area contributed by atoms with Gasteiger partial charge in [0.15, 0.2) is 0 Å². The maximum Gasteiger partial charge on any atom is 0.260 e. The summed E-state index contributed by atoms with van der Waals surface area (Å²) in [5, 5.41) is 12.3. The summed E-state index contributed by atoms with van der Waals surface area (Å²) in [7, 11) is 0. The van der Waals surface area contributed by atoms with E-state index >= 15 is 0 Å². The summed E-state index contributed by atoms with van der Waals surface area (Å²) in [4.78, 5) is 21.5. The SMILES string of the molecule is N#Cc1ccccc1-c1cccc2c(OCc3ccccn3)c(-c3cccs3)c(=O)[nH]c12. The Kier molecular flexibility index (Phi) is 5.24. The van der Waals surface area contributed by atoms with E-state index in [9.17, 15) is 10.1 Å². The molecular formula is C26H17N3O2S. The Morgan fingerprint density at radius 1 is 0.969 bits per heavy atom. The lowest BCUT2D eigenvalue weighted by Gasteiger charge is -2.15. The smallest absolute Gasteiger partial charge is 0.260 e. The molecule has 32 heavy (non-hydrogen) atoms. The summed E-state index contributed by atoms with van der Waals surface area (Å²) in [6.45, 7) is 0.233. The molecule has 0 bridgehead atoms. The van der Waals surface area contributed by atoms with E-state index in [1.807, 2.05) is 72.1 Å². The minimum atomic E-state index is -0.238. The van der Waals surface area contributed by atoms with Crippen LogP contribution in [0.2, 0.25) is 0 Å². The minimum Gasteiger partial charge on any atom is -0.486 e. The highest BCUT2D eigenvalue weighted by atomic mass is 32.1. The molecule has 6 heteroatoms. The van der Waals surface area contributed by atoms with Crippen LogP contribution in [-0.4, -0.2) is 9.97 Å². The molecule has 0 aliphatic rings. The second-order valence-corrected chi connectivity index (χ2v) is 8.08. The van der Waals surface area contributed by atoms with Crippen LogP contribution in [-0.2, 0) is 6.61 Å². The van der Waals surface area contributed by atoms with E-state index < -0.39 is 0 Å². The van der Waals surface area contributed by atoms with Crippen molar-refractivity contribution in [2.24, 2.45) is 0 Å². The van der Waals surface area contributed by atoms with Crippen LogP contribution >= 0.6 is 11.3 Å². The van der Waals surface area contributed by atoms with Crippen molar-refractivity contribution in [2.45, 2.75) is 6.61 Å². The molecule has 3 aromatic heterocycles. The number of nitrogens with one attached hydrogen (secondary N) is 1. The van der Waals surface area contributed by atoms with Crippen molar-refractivity contribution in [3.05, 3.63) is 106 Å². The molecule has 3 heterocycles. The van der Waals surface area contributed by atoms with Gasteiger partial charge in [-0.05, 0) is 35.7 Å². The molecular weight excluding hydrogens is 418 g/mol. The number of pyridine rings is 2. The second kappa shape index (κ2) is 8.50. The molecule has 0 atom stereocenters. The molecule has 5 rings (SSSR count). The first kappa shape index (κ1) is 19.7. The lowest BCUT2D eigenvalue weighted by molar-refractivity contribution is 0.306. The van der Waals surface area contributed by atoms with Gasteiger partial charge in [0.1, 0.15) is 12.4 Å². The molecule has 1 N–H and O–H groups in total. The number of aromatic amines is 1. The number of hydrogen-bond donors (Lipinski definition) is 1. The van der Waals surface area contributed by atoms with Gasteiger partial charge in [-0.25, -0.2) is 0 Å². The number of rotatable bonds is 5. The van der Waals surface area contributed by atoms with Crippen LogP contribution in [0.25, 0.3) is 32.5 Å². The van der Waals surface area contributed by atoms with Crippen molar-refractivity contribution < 1.29 is 4.74 Å². The average Bonchev–Trinajstić information content (AvgIpc) is 3.37. The van der Waals surface area contributed by atoms with Gasteiger partial charge in [0, 0.05) is 27.6 Å². The molecule has 154 valence electrons. The third-order valence-electron chi connectivity index (χ3n) is 5.20. The summed E-state index contributed by atoms with van der Waals surface area (Å²) in [5.41, 5.74) is 3.74. The number of hydrogen-bond acceptors (Lipinski definition) is 5. The fourth-order valence-electron chi connectivity index (χ4n) is 3.75. The highest BCUT2D eigenvalue weighted by Crippen LogP contribution is 2.39. The second-order valence-electron chi connectivity index (χ2n) is 7.13. The van der Waals surface area contributed by atoms with E-state index in [2.05, 4.69) is 16.0 Å². The predicted molar refractivity (Wildman–Crippen MR) is 127 cm³/mol. The van der Waals surface area contributed by atoms with Crippen LogP contribution in [0.1, 0.15) is 11.3 Å². The molecule has 0 amide bonds. The molecule has 0 saturated heterocycles. The zero-order chi connectivity index (χ0) is 21.9. The Hall–Kier alpha value is -4.21. The Morgan fingerprint density at radius 3 is 2.59 bits per heavy atom. The van der Waals surface area contributed by atoms with Gasteiger partial charge >= 0.3 is 0 Å². The molecule has 0 fully saturated rings. The van der Waals surface area contributed by atoms with Crippen LogP contribution in [0.3, 0.4) is 0 Å². The van der Waals surface area contributed by atoms with E-state index in [1.165, 1.54) is 11.3 Å². The summed E-state index contributed by atoms with van der Waals surface area (Å²) in [5.74, 6) is 0.508. The van der Waals surface area contributed by atoms with Crippen molar-refractivity contribution in [1.82, 2.24) is 9.97 Å². The van der Waals surface area contributed by atoms with Crippen molar-refractivity contribution in [1.29, 1.82) is 5.26 Å². The lowest BCUT2D eigenvalue weighted by Crippen LogP contribution is -2.12. The maximum atomic E-state index is 13.3. The van der Waals surface area contributed by atoms with Crippen LogP contribution in [0.5, 0.6) is 5.75 Å². The highest BCUT2D eigenvalue weighted by molar-refractivity contribution is 7.13. The van der Waals surface area contributed by atoms with E-state index in [0.29, 0.717) is 22.4 Å². The van der Waals surface area contributed by atoms with Crippen molar-refractivity contribution in [3.63, 3.8) is 0 Å². The van der Waals surface area contributed by atoms with Crippen LogP contribution in [0.15, 0.2) is 89.2 Å².